The Morgan fingerprint density at radius 3 is 2.72 bits per heavy atom. The summed E-state index contributed by atoms with van der Waals surface area (Å²) < 4.78 is 3.20. The number of hydrogen-bond acceptors (Lipinski definition) is 5. The molecule has 1 amide bonds. The van der Waals surface area contributed by atoms with Crippen LogP contribution in [0.5, 0.6) is 0 Å². The highest BCUT2D eigenvalue weighted by molar-refractivity contribution is 5.92. The molecule has 0 aliphatic heterocycles. The first-order chi connectivity index (χ1) is 14.1. The second-order valence-corrected chi connectivity index (χ2v) is 6.68. The van der Waals surface area contributed by atoms with Gasteiger partial charge in [0, 0.05) is 12.7 Å². The molecule has 0 aliphatic rings. The Labute approximate surface area is 166 Å². The van der Waals surface area contributed by atoms with Crippen molar-refractivity contribution in [3.63, 3.8) is 0 Å². The molecule has 4 aromatic rings. The molecule has 0 fully saturated rings. The number of benzene rings is 1. The lowest BCUT2D eigenvalue weighted by Gasteiger charge is -2.09. The number of carbonyl (C=O) groups excluding carboxylic acids is 1. The maximum absolute atomic E-state index is 12.8. The number of pyridine rings is 1. The number of nitrogens with one attached hydrogen (secondary N) is 1. The maximum Gasteiger partial charge on any atom is 0.269 e. The quantitative estimate of drug-likeness (QED) is 0.543. The van der Waals surface area contributed by atoms with Crippen molar-refractivity contribution in [3.05, 3.63) is 88.4 Å². The molecular weight excluding hydrogens is 368 g/mol. The summed E-state index contributed by atoms with van der Waals surface area (Å²) in [6, 6.07) is 13.1. The Bertz CT molecular complexity index is 1210. The first kappa shape index (κ1) is 18.5. The van der Waals surface area contributed by atoms with Crippen LogP contribution in [0.1, 0.15) is 21.6 Å². The van der Waals surface area contributed by atoms with Gasteiger partial charge >= 0.3 is 0 Å². The summed E-state index contributed by atoms with van der Waals surface area (Å²) in [6.07, 6.45) is 4.64. The molecule has 0 saturated heterocycles. The minimum atomic E-state index is -0.254. The van der Waals surface area contributed by atoms with Crippen LogP contribution in [0.15, 0.2) is 66.0 Å². The van der Waals surface area contributed by atoms with E-state index in [1.165, 1.54) is 6.20 Å². The van der Waals surface area contributed by atoms with Crippen LogP contribution in [-0.4, -0.2) is 36.8 Å². The third-order valence-corrected chi connectivity index (χ3v) is 4.73. The average Bonchev–Trinajstić information content (AvgIpc) is 3.16. The third-order valence-electron chi connectivity index (χ3n) is 4.73. The molecule has 0 radical (unpaired) electrons. The summed E-state index contributed by atoms with van der Waals surface area (Å²) in [7, 11) is 0. The van der Waals surface area contributed by atoms with Gasteiger partial charge < -0.3 is 5.32 Å². The SMILES string of the molecule is Cc1ccccc1Cn1cnc2c(cnn2CCNC(=O)c2ccccn2)c1=O. The molecule has 29 heavy (non-hydrogen) atoms. The van der Waals surface area contributed by atoms with Gasteiger partial charge in [-0.2, -0.15) is 5.10 Å². The van der Waals surface area contributed by atoms with E-state index in [0.717, 1.165) is 11.1 Å². The van der Waals surface area contributed by atoms with Crippen molar-refractivity contribution in [1.29, 1.82) is 0 Å². The van der Waals surface area contributed by atoms with Gasteiger partial charge in [0.25, 0.3) is 11.5 Å². The van der Waals surface area contributed by atoms with E-state index in [-0.39, 0.29) is 11.5 Å². The first-order valence-corrected chi connectivity index (χ1v) is 9.28. The Kier molecular flexibility index (Phi) is 5.15. The van der Waals surface area contributed by atoms with Gasteiger partial charge in [-0.05, 0) is 30.2 Å². The van der Waals surface area contributed by atoms with Crippen LogP contribution >= 0.6 is 0 Å². The van der Waals surface area contributed by atoms with Gasteiger partial charge in [0.05, 0.1) is 19.3 Å². The number of carbonyl (C=O) groups is 1. The van der Waals surface area contributed by atoms with Crippen LogP contribution in [0.25, 0.3) is 11.0 Å². The number of fused-ring (bicyclic) bond motifs is 1. The van der Waals surface area contributed by atoms with E-state index in [9.17, 15) is 9.59 Å². The predicted molar refractivity (Wildman–Crippen MR) is 109 cm³/mol. The summed E-state index contributed by atoms with van der Waals surface area (Å²) >= 11 is 0. The molecule has 0 bridgehead atoms. The van der Waals surface area contributed by atoms with E-state index < -0.39 is 0 Å². The minimum Gasteiger partial charge on any atom is -0.349 e. The standard InChI is InChI=1S/C21H20N6O2/c1-15-6-2-3-7-16(15)13-26-14-24-19-17(21(26)29)12-25-27(19)11-10-23-20(28)18-8-4-5-9-22-18/h2-9,12,14H,10-11,13H2,1H3,(H,23,28). The molecule has 4 rings (SSSR count). The molecule has 1 aromatic carbocycles. The third kappa shape index (κ3) is 3.91. The van der Waals surface area contributed by atoms with Crippen molar-refractivity contribution in [3.8, 4) is 0 Å². The predicted octanol–water partition coefficient (Wildman–Crippen LogP) is 1.77. The zero-order valence-corrected chi connectivity index (χ0v) is 15.9. The van der Waals surface area contributed by atoms with Crippen molar-refractivity contribution in [2.45, 2.75) is 20.0 Å². The Hall–Kier alpha value is -3.81. The average molecular weight is 388 g/mol. The van der Waals surface area contributed by atoms with Crippen LogP contribution in [0, 0.1) is 6.92 Å². The van der Waals surface area contributed by atoms with Gasteiger partial charge in [0.1, 0.15) is 17.4 Å². The first-order valence-electron chi connectivity index (χ1n) is 9.28. The van der Waals surface area contributed by atoms with E-state index in [1.807, 2.05) is 31.2 Å². The monoisotopic (exact) mass is 388 g/mol. The van der Waals surface area contributed by atoms with Gasteiger partial charge in [0.2, 0.25) is 0 Å². The van der Waals surface area contributed by atoms with E-state index >= 15 is 0 Å². The van der Waals surface area contributed by atoms with Crippen LogP contribution in [-0.2, 0) is 13.1 Å². The van der Waals surface area contributed by atoms with Crippen LogP contribution in [0.2, 0.25) is 0 Å². The minimum absolute atomic E-state index is 0.137. The zero-order chi connectivity index (χ0) is 20.2. The van der Waals surface area contributed by atoms with Gasteiger partial charge in [-0.25, -0.2) is 9.67 Å². The highest BCUT2D eigenvalue weighted by atomic mass is 16.2. The van der Waals surface area contributed by atoms with Gasteiger partial charge in [-0.3, -0.25) is 19.1 Å². The molecule has 0 aliphatic carbocycles. The second-order valence-electron chi connectivity index (χ2n) is 6.68. The smallest absolute Gasteiger partial charge is 0.269 e. The second kappa shape index (κ2) is 8.05. The summed E-state index contributed by atoms with van der Waals surface area (Å²) in [4.78, 5) is 33.3. The van der Waals surface area contributed by atoms with Gasteiger partial charge in [0.15, 0.2) is 5.65 Å². The lowest BCUT2D eigenvalue weighted by atomic mass is 10.1. The van der Waals surface area contributed by atoms with Gasteiger partial charge in [-0.15, -0.1) is 0 Å². The molecule has 146 valence electrons. The fraction of sp³-hybridized carbons (Fsp3) is 0.190. The fourth-order valence-electron chi connectivity index (χ4n) is 3.11. The molecule has 0 spiro atoms. The molecule has 0 unspecified atom stereocenters. The van der Waals surface area contributed by atoms with E-state index in [0.29, 0.717) is 36.4 Å². The lowest BCUT2D eigenvalue weighted by Crippen LogP contribution is -2.28. The van der Waals surface area contributed by atoms with Gasteiger partial charge in [-0.1, -0.05) is 30.3 Å². The highest BCUT2D eigenvalue weighted by Crippen LogP contribution is 2.10. The fourth-order valence-corrected chi connectivity index (χ4v) is 3.11. The number of hydrogen-bond donors (Lipinski definition) is 1. The molecule has 8 heteroatoms. The molecule has 3 aromatic heterocycles. The number of rotatable bonds is 6. The lowest BCUT2D eigenvalue weighted by molar-refractivity contribution is 0.0947. The maximum atomic E-state index is 12.8. The molecule has 8 nitrogen and oxygen atoms in total. The van der Waals surface area contributed by atoms with Crippen molar-refractivity contribution < 1.29 is 4.79 Å². The van der Waals surface area contributed by atoms with Crippen molar-refractivity contribution in [2.24, 2.45) is 0 Å². The topological polar surface area (TPSA) is 94.7 Å². The van der Waals surface area contributed by atoms with E-state index in [1.54, 1.807) is 40.0 Å². The van der Waals surface area contributed by atoms with E-state index in [2.05, 4.69) is 20.4 Å². The summed E-state index contributed by atoms with van der Waals surface area (Å²) in [6.45, 7) is 3.22. The zero-order valence-electron chi connectivity index (χ0n) is 15.9. The largest absolute Gasteiger partial charge is 0.349 e. The van der Waals surface area contributed by atoms with Crippen molar-refractivity contribution in [1.82, 2.24) is 29.6 Å². The molecule has 1 N–H and O–H groups in total. The Morgan fingerprint density at radius 2 is 1.93 bits per heavy atom. The normalized spacial score (nSPS) is 10.9. The van der Waals surface area contributed by atoms with Crippen molar-refractivity contribution in [2.75, 3.05) is 6.54 Å². The molecule has 0 atom stereocenters. The van der Waals surface area contributed by atoms with Crippen LogP contribution < -0.4 is 10.9 Å². The Balaban J connectivity index is 1.48. The van der Waals surface area contributed by atoms with Crippen LogP contribution in [0.3, 0.4) is 0 Å². The summed E-state index contributed by atoms with van der Waals surface area (Å²) in [5.41, 5.74) is 2.92. The van der Waals surface area contributed by atoms with Crippen molar-refractivity contribution >= 4 is 16.9 Å². The number of nitrogens with zero attached hydrogens (tertiary/aromatic N) is 5. The molecule has 3 heterocycles. The number of amides is 1. The number of aromatic nitrogens is 5. The highest BCUT2D eigenvalue weighted by Gasteiger charge is 2.12. The van der Waals surface area contributed by atoms with E-state index in [4.69, 9.17) is 0 Å². The Morgan fingerprint density at radius 1 is 1.10 bits per heavy atom. The summed E-state index contributed by atoms with van der Waals surface area (Å²) in [5.74, 6) is -0.254. The molecular formula is C21H20N6O2. The summed E-state index contributed by atoms with van der Waals surface area (Å²) in [5, 5.41) is 7.51. The molecule has 0 saturated carbocycles. The number of aryl methyl sites for hydroxylation is 1. The van der Waals surface area contributed by atoms with Crippen LogP contribution in [0.4, 0.5) is 0 Å².